The van der Waals surface area contributed by atoms with Gasteiger partial charge in [-0.1, -0.05) is 30.3 Å². The van der Waals surface area contributed by atoms with Crippen molar-refractivity contribution in [2.24, 2.45) is 0 Å². The van der Waals surface area contributed by atoms with Crippen molar-refractivity contribution in [2.45, 2.75) is 18.8 Å². The Morgan fingerprint density at radius 1 is 1.03 bits per heavy atom. The molecule has 1 heterocycles. The monoisotopic (exact) mass is 395 g/mol. The summed E-state index contributed by atoms with van der Waals surface area (Å²) in [4.78, 5) is 36.1. The topological polar surface area (TPSA) is 90.9 Å². The van der Waals surface area contributed by atoms with Crippen LogP contribution in [0.25, 0.3) is 0 Å². The van der Waals surface area contributed by atoms with E-state index < -0.39 is 23.8 Å². The molecule has 0 radical (unpaired) electrons. The first kappa shape index (κ1) is 20.3. The maximum atomic E-state index is 12.4. The smallest absolute Gasteiger partial charge is 0.334 e. The molecule has 7 heteroatoms. The third-order valence-electron chi connectivity index (χ3n) is 4.39. The lowest BCUT2D eigenvalue weighted by molar-refractivity contribution is -0.244. The van der Waals surface area contributed by atoms with Gasteiger partial charge in [0.1, 0.15) is 5.75 Å². The highest BCUT2D eigenvalue weighted by molar-refractivity contribution is 5.94. The summed E-state index contributed by atoms with van der Waals surface area (Å²) in [5.74, 6) is -2.91. The number of hydrogen-bond donors (Lipinski definition) is 1. The number of esters is 2. The molecule has 0 aliphatic carbocycles. The SMILES string of the molecule is CNCC1OC(=O)/C=C/C(=O)OC1(Oc1ccc(C(C)=O)cc1)c1ccccc1. The average molecular weight is 395 g/mol. The van der Waals surface area contributed by atoms with Crippen LogP contribution in [-0.2, 0) is 24.8 Å². The molecule has 0 fully saturated rings. The lowest BCUT2D eigenvalue weighted by atomic mass is 9.98. The minimum Gasteiger partial charge on any atom is -0.449 e. The van der Waals surface area contributed by atoms with Crippen molar-refractivity contribution in [3.8, 4) is 5.75 Å². The number of rotatable bonds is 6. The zero-order valence-electron chi connectivity index (χ0n) is 16.1. The Morgan fingerprint density at radius 2 is 1.69 bits per heavy atom. The largest absolute Gasteiger partial charge is 0.449 e. The second-order valence-electron chi connectivity index (χ2n) is 6.45. The molecule has 2 atom stereocenters. The molecule has 0 amide bonds. The Morgan fingerprint density at radius 3 is 2.31 bits per heavy atom. The van der Waals surface area contributed by atoms with Crippen LogP contribution in [0.15, 0.2) is 66.7 Å². The molecule has 0 spiro atoms. The van der Waals surface area contributed by atoms with Gasteiger partial charge in [-0.2, -0.15) is 0 Å². The van der Waals surface area contributed by atoms with Crippen molar-refractivity contribution in [3.63, 3.8) is 0 Å². The Bertz CT molecular complexity index is 922. The van der Waals surface area contributed by atoms with E-state index in [2.05, 4.69) is 5.32 Å². The fraction of sp³-hybridized carbons (Fsp3) is 0.227. The fourth-order valence-electron chi connectivity index (χ4n) is 3.00. The summed E-state index contributed by atoms with van der Waals surface area (Å²) in [6.45, 7) is 1.62. The first-order valence-electron chi connectivity index (χ1n) is 9.06. The van der Waals surface area contributed by atoms with E-state index >= 15 is 0 Å². The molecule has 3 rings (SSSR count). The van der Waals surface area contributed by atoms with Gasteiger partial charge in [-0.3, -0.25) is 4.79 Å². The van der Waals surface area contributed by atoms with Gasteiger partial charge in [0, 0.05) is 29.8 Å². The van der Waals surface area contributed by atoms with Crippen LogP contribution in [0.4, 0.5) is 0 Å². The second kappa shape index (κ2) is 8.70. The number of carbonyl (C=O) groups is 3. The highest BCUT2D eigenvalue weighted by atomic mass is 16.7. The number of cyclic esters (lactones) is 2. The summed E-state index contributed by atoms with van der Waals surface area (Å²) in [7, 11) is 1.68. The van der Waals surface area contributed by atoms with Crippen molar-refractivity contribution in [2.75, 3.05) is 13.6 Å². The van der Waals surface area contributed by atoms with Crippen LogP contribution in [-0.4, -0.2) is 37.4 Å². The van der Waals surface area contributed by atoms with Gasteiger partial charge in [0.2, 0.25) is 0 Å². The number of carbonyl (C=O) groups excluding carboxylic acids is 3. The quantitative estimate of drug-likeness (QED) is 0.593. The molecule has 0 bridgehead atoms. The molecule has 0 saturated carbocycles. The van der Waals surface area contributed by atoms with Gasteiger partial charge in [-0.05, 0) is 38.2 Å². The first-order valence-corrected chi connectivity index (χ1v) is 9.06. The van der Waals surface area contributed by atoms with Crippen molar-refractivity contribution in [1.82, 2.24) is 5.32 Å². The van der Waals surface area contributed by atoms with E-state index in [1.807, 2.05) is 6.07 Å². The molecule has 150 valence electrons. The summed E-state index contributed by atoms with van der Waals surface area (Å²) in [5, 5.41) is 2.94. The van der Waals surface area contributed by atoms with Crippen molar-refractivity contribution < 1.29 is 28.6 Å². The third kappa shape index (κ3) is 4.52. The Hall–Kier alpha value is -3.45. The second-order valence-corrected chi connectivity index (χ2v) is 6.45. The van der Waals surface area contributed by atoms with Crippen LogP contribution < -0.4 is 10.1 Å². The predicted molar refractivity (Wildman–Crippen MR) is 104 cm³/mol. The Labute approximate surface area is 168 Å². The maximum Gasteiger partial charge on any atom is 0.334 e. The van der Waals surface area contributed by atoms with E-state index in [0.29, 0.717) is 16.9 Å². The molecule has 7 nitrogen and oxygen atoms in total. The van der Waals surface area contributed by atoms with Crippen molar-refractivity contribution in [3.05, 3.63) is 77.9 Å². The molecule has 1 N–H and O–H groups in total. The third-order valence-corrected chi connectivity index (χ3v) is 4.39. The molecular formula is C22H21NO6. The number of ketones is 1. The van der Waals surface area contributed by atoms with Gasteiger partial charge in [0.15, 0.2) is 11.9 Å². The minimum absolute atomic E-state index is 0.0844. The lowest BCUT2D eigenvalue weighted by Gasteiger charge is -2.39. The number of hydrogen-bond acceptors (Lipinski definition) is 7. The summed E-state index contributed by atoms with van der Waals surface area (Å²) < 4.78 is 17.4. The van der Waals surface area contributed by atoms with Gasteiger partial charge in [-0.25, -0.2) is 9.59 Å². The Kier molecular flexibility index (Phi) is 6.09. The summed E-state index contributed by atoms with van der Waals surface area (Å²) >= 11 is 0. The van der Waals surface area contributed by atoms with E-state index in [9.17, 15) is 14.4 Å². The number of benzene rings is 2. The normalized spacial score (nSPS) is 22.6. The highest BCUT2D eigenvalue weighted by Gasteiger charge is 2.50. The number of nitrogens with one attached hydrogen (secondary N) is 1. The van der Waals surface area contributed by atoms with Crippen LogP contribution in [0.3, 0.4) is 0 Å². The van der Waals surface area contributed by atoms with E-state index in [1.54, 1.807) is 55.6 Å². The van der Waals surface area contributed by atoms with E-state index in [-0.39, 0.29) is 12.3 Å². The van der Waals surface area contributed by atoms with Gasteiger partial charge in [-0.15, -0.1) is 0 Å². The predicted octanol–water partition coefficient (Wildman–Crippen LogP) is 2.37. The molecule has 1 aliphatic heterocycles. The zero-order valence-corrected chi connectivity index (χ0v) is 16.1. The lowest BCUT2D eigenvalue weighted by Crippen LogP contribution is -2.54. The summed E-state index contributed by atoms with van der Waals surface area (Å²) in [5.41, 5.74) is 1.01. The molecule has 2 aromatic carbocycles. The van der Waals surface area contributed by atoms with Gasteiger partial charge in [0.25, 0.3) is 0 Å². The van der Waals surface area contributed by atoms with Crippen LogP contribution in [0.5, 0.6) is 5.75 Å². The zero-order chi connectivity index (χ0) is 20.9. The average Bonchev–Trinajstić information content (AvgIpc) is 2.71. The molecule has 0 saturated heterocycles. The van der Waals surface area contributed by atoms with Crippen LogP contribution >= 0.6 is 0 Å². The molecule has 2 aromatic rings. The highest BCUT2D eigenvalue weighted by Crippen LogP contribution is 2.36. The number of likely N-dealkylation sites (N-methyl/N-ethyl adjacent to an activating group) is 1. The minimum atomic E-state index is -1.74. The van der Waals surface area contributed by atoms with Crippen molar-refractivity contribution in [1.29, 1.82) is 0 Å². The maximum absolute atomic E-state index is 12.4. The molecule has 0 aromatic heterocycles. The standard InChI is InChI=1S/C22H21NO6/c1-15(24)16-8-10-18(11-9-16)28-22(17-6-4-3-5-7-17)19(14-23-2)27-20(25)12-13-21(26)29-22/h3-13,19,23H,14H2,1-2H3/b13-12+. The number of Topliss-reactive ketones (excluding diaryl/α,β-unsaturated/α-hetero) is 1. The summed E-state index contributed by atoms with van der Waals surface area (Å²) in [6, 6.07) is 15.2. The number of ether oxygens (including phenoxy) is 3. The van der Waals surface area contributed by atoms with Gasteiger partial charge >= 0.3 is 17.7 Å². The first-order chi connectivity index (χ1) is 13.9. The Balaban J connectivity index is 2.12. The molecular weight excluding hydrogens is 374 g/mol. The van der Waals surface area contributed by atoms with E-state index in [1.165, 1.54) is 6.92 Å². The van der Waals surface area contributed by atoms with E-state index in [4.69, 9.17) is 14.2 Å². The van der Waals surface area contributed by atoms with Crippen LogP contribution in [0.1, 0.15) is 22.8 Å². The van der Waals surface area contributed by atoms with E-state index in [0.717, 1.165) is 12.2 Å². The van der Waals surface area contributed by atoms with Gasteiger partial charge < -0.3 is 19.5 Å². The summed E-state index contributed by atoms with van der Waals surface area (Å²) in [6.07, 6.45) is 1.03. The van der Waals surface area contributed by atoms with Gasteiger partial charge in [0.05, 0.1) is 0 Å². The molecule has 1 aliphatic rings. The molecule has 29 heavy (non-hydrogen) atoms. The van der Waals surface area contributed by atoms with Crippen LogP contribution in [0.2, 0.25) is 0 Å². The fourth-order valence-corrected chi connectivity index (χ4v) is 3.00. The molecule has 2 unspecified atom stereocenters. The van der Waals surface area contributed by atoms with Crippen molar-refractivity contribution >= 4 is 17.7 Å². The van der Waals surface area contributed by atoms with Crippen LogP contribution in [0, 0.1) is 0 Å².